The number of nitrogens with one attached hydrogen (secondary N) is 1. The van der Waals surface area contributed by atoms with Crippen molar-refractivity contribution in [1.29, 1.82) is 0 Å². The largest absolute Gasteiger partial charge is 0.496 e. The van der Waals surface area contributed by atoms with Crippen LogP contribution < -0.4 is 10.1 Å². The van der Waals surface area contributed by atoms with Gasteiger partial charge in [0.05, 0.1) is 12.9 Å². The van der Waals surface area contributed by atoms with E-state index in [0.717, 1.165) is 23.5 Å². The Morgan fingerprint density at radius 1 is 1.36 bits per heavy atom. The van der Waals surface area contributed by atoms with Crippen LogP contribution in [0.5, 0.6) is 5.75 Å². The van der Waals surface area contributed by atoms with Crippen LogP contribution >= 0.6 is 11.8 Å². The summed E-state index contributed by atoms with van der Waals surface area (Å²) in [4.78, 5) is 12.1. The monoisotopic (exact) mass is 321 g/mol. The highest BCUT2D eigenvalue weighted by molar-refractivity contribution is 7.99. The van der Waals surface area contributed by atoms with Gasteiger partial charge in [-0.25, -0.2) is 0 Å². The Balaban J connectivity index is 1.78. The summed E-state index contributed by atoms with van der Waals surface area (Å²) in [5, 5.41) is 3.20. The van der Waals surface area contributed by atoms with Gasteiger partial charge in [-0.2, -0.15) is 0 Å². The van der Waals surface area contributed by atoms with Crippen molar-refractivity contribution in [2.45, 2.75) is 51.3 Å². The Morgan fingerprint density at radius 2 is 2.14 bits per heavy atom. The molecule has 22 heavy (non-hydrogen) atoms. The third kappa shape index (κ3) is 4.94. The van der Waals surface area contributed by atoms with Crippen molar-refractivity contribution >= 4 is 17.7 Å². The highest BCUT2D eigenvalue weighted by atomic mass is 32.2. The molecular weight excluding hydrogens is 294 g/mol. The molecule has 2 rings (SSSR count). The molecule has 0 radical (unpaired) electrons. The van der Waals surface area contributed by atoms with Crippen LogP contribution in [-0.2, 0) is 10.5 Å². The van der Waals surface area contributed by atoms with E-state index < -0.39 is 0 Å². The Labute approximate surface area is 138 Å². The molecule has 1 aliphatic rings. The summed E-state index contributed by atoms with van der Waals surface area (Å²) >= 11 is 1.65. The van der Waals surface area contributed by atoms with Gasteiger partial charge in [0.25, 0.3) is 0 Å². The molecule has 122 valence electrons. The SMILES string of the molecule is COc1ccc(C)cc1CSCC(=O)N[C@H]1CCCC[C@H]1C. The van der Waals surface area contributed by atoms with Gasteiger partial charge >= 0.3 is 0 Å². The maximum absolute atomic E-state index is 12.1. The van der Waals surface area contributed by atoms with Crippen LogP contribution in [0, 0.1) is 12.8 Å². The lowest BCUT2D eigenvalue weighted by molar-refractivity contribution is -0.119. The van der Waals surface area contributed by atoms with Crippen molar-refractivity contribution in [1.82, 2.24) is 5.32 Å². The predicted molar refractivity (Wildman–Crippen MR) is 93.5 cm³/mol. The number of rotatable bonds is 6. The average Bonchev–Trinajstić information content (AvgIpc) is 2.50. The minimum atomic E-state index is 0.162. The van der Waals surface area contributed by atoms with E-state index in [2.05, 4.69) is 25.2 Å². The number of methoxy groups -OCH3 is 1. The molecule has 0 bridgehead atoms. The highest BCUT2D eigenvalue weighted by Crippen LogP contribution is 2.25. The van der Waals surface area contributed by atoms with Crippen LogP contribution in [0.4, 0.5) is 0 Å². The Kier molecular flexibility index (Phi) is 6.62. The Hall–Kier alpha value is -1.16. The number of carbonyl (C=O) groups is 1. The summed E-state index contributed by atoms with van der Waals surface area (Å²) < 4.78 is 5.38. The van der Waals surface area contributed by atoms with Gasteiger partial charge in [0, 0.05) is 17.4 Å². The lowest BCUT2D eigenvalue weighted by atomic mass is 9.86. The molecule has 1 N–H and O–H groups in total. The molecule has 0 heterocycles. The summed E-state index contributed by atoms with van der Waals surface area (Å²) in [6.07, 6.45) is 4.90. The fourth-order valence-electron chi connectivity index (χ4n) is 3.05. The maximum atomic E-state index is 12.1. The zero-order valence-corrected chi connectivity index (χ0v) is 14.7. The first-order chi connectivity index (χ1) is 10.6. The van der Waals surface area contributed by atoms with Gasteiger partial charge < -0.3 is 10.1 Å². The maximum Gasteiger partial charge on any atom is 0.230 e. The number of thioether (sulfide) groups is 1. The van der Waals surface area contributed by atoms with E-state index in [9.17, 15) is 4.79 Å². The third-order valence-corrected chi connectivity index (χ3v) is 5.37. The molecular formula is C18H27NO2S. The fraction of sp³-hybridized carbons (Fsp3) is 0.611. The molecule has 1 saturated carbocycles. The van der Waals surface area contributed by atoms with Crippen molar-refractivity contribution in [2.75, 3.05) is 12.9 Å². The molecule has 1 fully saturated rings. The molecule has 0 unspecified atom stereocenters. The van der Waals surface area contributed by atoms with Crippen LogP contribution in [0.25, 0.3) is 0 Å². The minimum Gasteiger partial charge on any atom is -0.496 e. The van der Waals surface area contributed by atoms with E-state index in [4.69, 9.17) is 4.74 Å². The molecule has 1 aromatic carbocycles. The zero-order chi connectivity index (χ0) is 15.9. The van der Waals surface area contributed by atoms with Crippen molar-refractivity contribution in [3.8, 4) is 5.75 Å². The van der Waals surface area contributed by atoms with E-state index >= 15 is 0 Å². The predicted octanol–water partition coefficient (Wildman–Crippen LogP) is 3.93. The van der Waals surface area contributed by atoms with Crippen molar-refractivity contribution in [3.05, 3.63) is 29.3 Å². The van der Waals surface area contributed by atoms with E-state index in [1.807, 2.05) is 12.1 Å². The average molecular weight is 321 g/mol. The number of aryl methyl sites for hydroxylation is 1. The summed E-state index contributed by atoms with van der Waals surface area (Å²) in [6.45, 7) is 4.32. The normalized spacial score (nSPS) is 21.4. The molecule has 1 aliphatic carbocycles. The second-order valence-corrected chi connectivity index (χ2v) is 7.23. The lowest BCUT2D eigenvalue weighted by Gasteiger charge is -2.29. The van der Waals surface area contributed by atoms with Gasteiger partial charge in [0.2, 0.25) is 5.91 Å². The van der Waals surface area contributed by atoms with Crippen LogP contribution in [0.15, 0.2) is 18.2 Å². The number of benzene rings is 1. The van der Waals surface area contributed by atoms with Gasteiger partial charge in [-0.1, -0.05) is 37.5 Å². The molecule has 0 saturated heterocycles. The second kappa shape index (κ2) is 8.47. The van der Waals surface area contributed by atoms with Gasteiger partial charge in [0.15, 0.2) is 0 Å². The molecule has 0 aliphatic heterocycles. The highest BCUT2D eigenvalue weighted by Gasteiger charge is 2.22. The van der Waals surface area contributed by atoms with E-state index in [-0.39, 0.29) is 5.91 Å². The van der Waals surface area contributed by atoms with Gasteiger partial charge in [-0.3, -0.25) is 4.79 Å². The zero-order valence-electron chi connectivity index (χ0n) is 13.9. The van der Waals surface area contributed by atoms with E-state index in [1.165, 1.54) is 24.8 Å². The third-order valence-electron chi connectivity index (χ3n) is 4.38. The first-order valence-electron chi connectivity index (χ1n) is 8.10. The molecule has 0 aromatic heterocycles. The van der Waals surface area contributed by atoms with Crippen molar-refractivity contribution in [3.63, 3.8) is 0 Å². The summed E-state index contributed by atoms with van der Waals surface area (Å²) in [5.74, 6) is 2.99. The van der Waals surface area contributed by atoms with Crippen LogP contribution in [0.1, 0.15) is 43.7 Å². The Morgan fingerprint density at radius 3 is 2.86 bits per heavy atom. The molecule has 0 spiro atoms. The van der Waals surface area contributed by atoms with Gasteiger partial charge in [0.1, 0.15) is 5.75 Å². The standard InChI is InChI=1S/C18H27NO2S/c1-13-8-9-17(21-3)15(10-13)11-22-12-18(20)19-16-7-5-4-6-14(16)2/h8-10,14,16H,4-7,11-12H2,1-3H3,(H,19,20)/t14-,16+/m1/s1. The lowest BCUT2D eigenvalue weighted by Crippen LogP contribution is -2.41. The topological polar surface area (TPSA) is 38.3 Å². The van der Waals surface area contributed by atoms with Gasteiger partial charge in [-0.05, 0) is 31.7 Å². The fourth-order valence-corrected chi connectivity index (χ4v) is 3.87. The summed E-state index contributed by atoms with van der Waals surface area (Å²) in [6, 6.07) is 6.54. The number of hydrogen-bond donors (Lipinski definition) is 1. The van der Waals surface area contributed by atoms with Crippen LogP contribution in [0.3, 0.4) is 0 Å². The van der Waals surface area contributed by atoms with E-state index in [0.29, 0.717) is 17.7 Å². The van der Waals surface area contributed by atoms with E-state index in [1.54, 1.807) is 18.9 Å². The number of ether oxygens (including phenoxy) is 1. The minimum absolute atomic E-state index is 0.162. The van der Waals surface area contributed by atoms with Gasteiger partial charge in [-0.15, -0.1) is 11.8 Å². The number of amides is 1. The number of carbonyl (C=O) groups excluding carboxylic acids is 1. The molecule has 4 heteroatoms. The summed E-state index contributed by atoms with van der Waals surface area (Å²) in [7, 11) is 1.69. The number of hydrogen-bond acceptors (Lipinski definition) is 3. The summed E-state index contributed by atoms with van der Waals surface area (Å²) in [5.41, 5.74) is 2.38. The second-order valence-electron chi connectivity index (χ2n) is 6.24. The first kappa shape index (κ1) is 17.2. The van der Waals surface area contributed by atoms with Crippen molar-refractivity contribution in [2.24, 2.45) is 5.92 Å². The Bertz CT molecular complexity index is 504. The van der Waals surface area contributed by atoms with Crippen LogP contribution in [0.2, 0.25) is 0 Å². The quantitative estimate of drug-likeness (QED) is 0.862. The van der Waals surface area contributed by atoms with Crippen LogP contribution in [-0.4, -0.2) is 24.8 Å². The first-order valence-corrected chi connectivity index (χ1v) is 9.26. The molecule has 1 aromatic rings. The smallest absolute Gasteiger partial charge is 0.230 e. The van der Waals surface area contributed by atoms with Crippen molar-refractivity contribution < 1.29 is 9.53 Å². The molecule has 1 amide bonds. The molecule has 3 nitrogen and oxygen atoms in total. The molecule has 2 atom stereocenters.